The van der Waals surface area contributed by atoms with Gasteiger partial charge in [0.2, 0.25) is 10.0 Å². The largest absolute Gasteiger partial charge is 0.444 e. The number of hydrogen-bond acceptors (Lipinski definition) is 5. The van der Waals surface area contributed by atoms with Crippen LogP contribution in [0.15, 0.2) is 24.5 Å². The lowest BCUT2D eigenvalue weighted by atomic mass is 9.91. The Labute approximate surface area is 168 Å². The summed E-state index contributed by atoms with van der Waals surface area (Å²) in [5.74, 6) is 0.392. The van der Waals surface area contributed by atoms with Gasteiger partial charge in [0.25, 0.3) is 0 Å². The van der Waals surface area contributed by atoms with Gasteiger partial charge in [-0.3, -0.25) is 4.98 Å². The highest BCUT2D eigenvalue weighted by molar-refractivity contribution is 7.89. The summed E-state index contributed by atoms with van der Waals surface area (Å²) in [5, 5.41) is -0.413. The quantitative estimate of drug-likeness (QED) is 0.767. The molecule has 0 aliphatic carbocycles. The zero-order chi connectivity index (χ0) is 20.4. The SMILES string of the molecule is CC(C)(C)OC(=O)N1CCC(S(=O)(=O)N2CCC(c3ccncc3)CC2)CC1. The first kappa shape index (κ1) is 21.0. The van der Waals surface area contributed by atoms with Crippen molar-refractivity contribution in [2.45, 2.75) is 63.2 Å². The molecular weight excluding hydrogens is 378 g/mol. The fraction of sp³-hybridized carbons (Fsp3) is 0.700. The van der Waals surface area contributed by atoms with Crippen LogP contribution in [0.25, 0.3) is 0 Å². The minimum absolute atomic E-state index is 0.360. The molecule has 1 aromatic rings. The second-order valence-corrected chi connectivity index (χ2v) is 10.9. The van der Waals surface area contributed by atoms with Crippen LogP contribution in [0, 0.1) is 0 Å². The molecule has 2 aliphatic heterocycles. The number of aromatic nitrogens is 1. The smallest absolute Gasteiger partial charge is 0.410 e. The zero-order valence-corrected chi connectivity index (χ0v) is 17.8. The van der Waals surface area contributed by atoms with Gasteiger partial charge in [0.05, 0.1) is 5.25 Å². The predicted molar refractivity (Wildman–Crippen MR) is 108 cm³/mol. The first-order valence-corrected chi connectivity index (χ1v) is 11.5. The highest BCUT2D eigenvalue weighted by atomic mass is 32.2. The van der Waals surface area contributed by atoms with Crippen LogP contribution in [0.5, 0.6) is 0 Å². The van der Waals surface area contributed by atoms with Gasteiger partial charge in [-0.05, 0) is 70.1 Å². The molecule has 8 heteroatoms. The minimum Gasteiger partial charge on any atom is -0.444 e. The molecule has 28 heavy (non-hydrogen) atoms. The van der Waals surface area contributed by atoms with E-state index in [2.05, 4.69) is 4.98 Å². The van der Waals surface area contributed by atoms with Crippen molar-refractivity contribution in [2.75, 3.05) is 26.2 Å². The monoisotopic (exact) mass is 409 g/mol. The number of sulfonamides is 1. The predicted octanol–water partition coefficient (Wildman–Crippen LogP) is 2.99. The molecule has 0 saturated carbocycles. The highest BCUT2D eigenvalue weighted by Gasteiger charge is 2.38. The van der Waals surface area contributed by atoms with E-state index >= 15 is 0 Å². The molecular formula is C20H31N3O4S. The van der Waals surface area contributed by atoms with E-state index in [-0.39, 0.29) is 6.09 Å². The molecule has 7 nitrogen and oxygen atoms in total. The summed E-state index contributed by atoms with van der Waals surface area (Å²) in [7, 11) is -3.33. The summed E-state index contributed by atoms with van der Waals surface area (Å²) in [6, 6.07) is 4.03. The summed E-state index contributed by atoms with van der Waals surface area (Å²) in [5.41, 5.74) is 0.692. The normalized spacial score (nSPS) is 20.9. The fourth-order valence-electron chi connectivity index (χ4n) is 3.95. The molecule has 156 valence electrons. The number of hydrogen-bond donors (Lipinski definition) is 0. The van der Waals surface area contributed by atoms with Crippen LogP contribution in [0.1, 0.15) is 57.9 Å². The van der Waals surface area contributed by atoms with Crippen LogP contribution in [0.4, 0.5) is 4.79 Å². The Kier molecular flexibility index (Phi) is 6.29. The third-order valence-corrected chi connectivity index (χ3v) is 7.91. The van der Waals surface area contributed by atoms with Gasteiger partial charge in [0.1, 0.15) is 5.60 Å². The zero-order valence-electron chi connectivity index (χ0n) is 17.0. The van der Waals surface area contributed by atoms with E-state index in [0.717, 1.165) is 12.8 Å². The van der Waals surface area contributed by atoms with Gasteiger partial charge in [-0.15, -0.1) is 0 Å². The molecule has 0 aromatic carbocycles. The van der Waals surface area contributed by atoms with Gasteiger partial charge >= 0.3 is 6.09 Å². The molecule has 2 aliphatic rings. The van der Waals surface area contributed by atoms with Crippen molar-refractivity contribution in [3.05, 3.63) is 30.1 Å². The first-order chi connectivity index (χ1) is 13.2. The van der Waals surface area contributed by atoms with Crippen molar-refractivity contribution in [1.82, 2.24) is 14.2 Å². The molecule has 1 aromatic heterocycles. The Bertz CT molecular complexity index is 760. The maximum absolute atomic E-state index is 13.1. The average Bonchev–Trinajstić information content (AvgIpc) is 2.67. The molecule has 3 heterocycles. The van der Waals surface area contributed by atoms with Crippen molar-refractivity contribution in [3.63, 3.8) is 0 Å². The Morgan fingerprint density at radius 2 is 1.61 bits per heavy atom. The first-order valence-electron chi connectivity index (χ1n) is 10.0. The van der Waals surface area contributed by atoms with Gasteiger partial charge in [-0.2, -0.15) is 0 Å². The number of piperidine rings is 2. The number of amides is 1. The molecule has 0 bridgehead atoms. The van der Waals surface area contributed by atoms with Crippen molar-refractivity contribution in [3.8, 4) is 0 Å². The van der Waals surface area contributed by atoms with Gasteiger partial charge < -0.3 is 9.64 Å². The van der Waals surface area contributed by atoms with Gasteiger partial charge in [-0.1, -0.05) is 0 Å². The van der Waals surface area contributed by atoms with Crippen LogP contribution in [0.2, 0.25) is 0 Å². The number of likely N-dealkylation sites (tertiary alicyclic amines) is 1. The summed E-state index contributed by atoms with van der Waals surface area (Å²) in [6.45, 7) is 7.45. The lowest BCUT2D eigenvalue weighted by molar-refractivity contribution is 0.0216. The van der Waals surface area contributed by atoms with E-state index < -0.39 is 20.9 Å². The number of ether oxygens (including phenoxy) is 1. The molecule has 0 atom stereocenters. The molecule has 0 N–H and O–H groups in total. The Hall–Kier alpha value is -1.67. The van der Waals surface area contributed by atoms with E-state index in [4.69, 9.17) is 4.74 Å². The van der Waals surface area contributed by atoms with Crippen LogP contribution >= 0.6 is 0 Å². The summed E-state index contributed by atoms with van der Waals surface area (Å²) < 4.78 is 33.2. The third-order valence-electron chi connectivity index (χ3n) is 5.51. The van der Waals surface area contributed by atoms with E-state index in [1.54, 1.807) is 21.6 Å². The molecule has 0 spiro atoms. The molecule has 0 radical (unpaired) electrons. The van der Waals surface area contributed by atoms with E-state index in [0.29, 0.717) is 44.9 Å². The van der Waals surface area contributed by atoms with Crippen LogP contribution in [-0.2, 0) is 14.8 Å². The van der Waals surface area contributed by atoms with Crippen molar-refractivity contribution in [1.29, 1.82) is 0 Å². The maximum Gasteiger partial charge on any atom is 0.410 e. The van der Waals surface area contributed by atoms with Crippen molar-refractivity contribution in [2.24, 2.45) is 0 Å². The maximum atomic E-state index is 13.1. The minimum atomic E-state index is -3.33. The van der Waals surface area contributed by atoms with Crippen LogP contribution < -0.4 is 0 Å². The number of rotatable bonds is 3. The lowest BCUT2D eigenvalue weighted by Gasteiger charge is -2.37. The second-order valence-electron chi connectivity index (χ2n) is 8.67. The number of carbonyl (C=O) groups is 1. The topological polar surface area (TPSA) is 79.8 Å². The standard InChI is InChI=1S/C20H31N3O4S/c1-20(2,3)27-19(24)22-12-8-18(9-13-22)28(25,26)23-14-6-17(7-15-23)16-4-10-21-11-5-16/h4-5,10-11,17-18H,6-9,12-15H2,1-3H3. The summed E-state index contributed by atoms with van der Waals surface area (Å²) in [4.78, 5) is 17.9. The number of nitrogens with zero attached hydrogens (tertiary/aromatic N) is 3. The molecule has 3 rings (SSSR count). The molecule has 0 unspecified atom stereocenters. The van der Waals surface area contributed by atoms with Gasteiger partial charge in [-0.25, -0.2) is 17.5 Å². The summed E-state index contributed by atoms with van der Waals surface area (Å²) in [6.07, 6.45) is 5.81. The third kappa shape index (κ3) is 5.03. The van der Waals surface area contributed by atoms with Crippen molar-refractivity contribution >= 4 is 16.1 Å². The lowest BCUT2D eigenvalue weighted by Crippen LogP contribution is -2.49. The fourth-order valence-corrected chi connectivity index (χ4v) is 5.90. The molecule has 2 saturated heterocycles. The van der Waals surface area contributed by atoms with E-state index in [9.17, 15) is 13.2 Å². The average molecular weight is 410 g/mol. The Morgan fingerprint density at radius 3 is 2.14 bits per heavy atom. The molecule has 1 amide bonds. The number of pyridine rings is 1. The summed E-state index contributed by atoms with van der Waals surface area (Å²) >= 11 is 0. The number of carbonyl (C=O) groups excluding carboxylic acids is 1. The molecule has 2 fully saturated rings. The van der Waals surface area contributed by atoms with Gasteiger partial charge in [0, 0.05) is 38.6 Å². The highest BCUT2D eigenvalue weighted by Crippen LogP contribution is 2.31. The van der Waals surface area contributed by atoms with Gasteiger partial charge in [0.15, 0.2) is 0 Å². The van der Waals surface area contributed by atoms with Crippen LogP contribution in [0.3, 0.4) is 0 Å². The van der Waals surface area contributed by atoms with Crippen LogP contribution in [-0.4, -0.2) is 65.7 Å². The Balaban J connectivity index is 1.53. The van der Waals surface area contributed by atoms with E-state index in [1.807, 2.05) is 32.9 Å². The van der Waals surface area contributed by atoms with E-state index in [1.165, 1.54) is 5.56 Å². The Morgan fingerprint density at radius 1 is 1.04 bits per heavy atom. The second kappa shape index (κ2) is 8.37. The van der Waals surface area contributed by atoms with Crippen molar-refractivity contribution < 1.29 is 17.9 Å².